The van der Waals surface area contributed by atoms with Crippen molar-refractivity contribution in [2.45, 2.75) is 44.8 Å². The zero-order valence-corrected chi connectivity index (χ0v) is 18.5. The van der Waals surface area contributed by atoms with E-state index in [4.69, 9.17) is 14.5 Å². The molecular weight excluding hydrogens is 435 g/mol. The van der Waals surface area contributed by atoms with Crippen molar-refractivity contribution in [3.05, 3.63) is 53.3 Å². The van der Waals surface area contributed by atoms with E-state index in [1.165, 1.54) is 13.2 Å². The maximum atomic E-state index is 13.0. The second-order valence-corrected chi connectivity index (χ2v) is 8.28. The maximum Gasteiger partial charge on any atom is 0.422 e. The van der Waals surface area contributed by atoms with Gasteiger partial charge in [-0.2, -0.15) is 13.2 Å². The number of nitrogens with zero attached hydrogens (tertiary/aromatic N) is 2. The first-order chi connectivity index (χ1) is 15.7. The van der Waals surface area contributed by atoms with Gasteiger partial charge in [-0.05, 0) is 61.6 Å². The van der Waals surface area contributed by atoms with Gasteiger partial charge in [0.15, 0.2) is 18.1 Å². The summed E-state index contributed by atoms with van der Waals surface area (Å²) in [7, 11) is 1.37. The lowest BCUT2D eigenvalue weighted by Gasteiger charge is -2.23. The maximum absolute atomic E-state index is 13.0. The molecule has 1 saturated heterocycles. The van der Waals surface area contributed by atoms with Crippen molar-refractivity contribution in [1.82, 2.24) is 14.9 Å². The summed E-state index contributed by atoms with van der Waals surface area (Å²) in [5.41, 5.74) is 3.77. The number of fused-ring (bicyclic) bond motifs is 1. The molecule has 1 aliphatic rings. The van der Waals surface area contributed by atoms with E-state index in [0.29, 0.717) is 13.0 Å². The number of rotatable bonds is 7. The number of halogens is 3. The van der Waals surface area contributed by atoms with Crippen LogP contribution >= 0.6 is 0 Å². The number of aryl methyl sites for hydroxylation is 2. The molecule has 1 aliphatic heterocycles. The molecule has 33 heavy (non-hydrogen) atoms. The Labute approximate surface area is 189 Å². The number of amides is 1. The van der Waals surface area contributed by atoms with E-state index < -0.39 is 12.8 Å². The van der Waals surface area contributed by atoms with Crippen molar-refractivity contribution in [3.63, 3.8) is 0 Å². The molecule has 4 rings (SSSR count). The number of carbonyl (C=O) groups is 1. The Hall–Kier alpha value is -3.23. The normalized spacial score (nSPS) is 16.4. The van der Waals surface area contributed by atoms with Gasteiger partial charge in [0.2, 0.25) is 5.91 Å². The lowest BCUT2D eigenvalue weighted by Crippen LogP contribution is -2.31. The Kier molecular flexibility index (Phi) is 6.49. The van der Waals surface area contributed by atoms with Gasteiger partial charge in [0, 0.05) is 13.0 Å². The number of carbonyl (C=O) groups excluding carboxylic acids is 1. The summed E-state index contributed by atoms with van der Waals surface area (Å²) in [5.74, 6) is 1.05. The third-order valence-electron chi connectivity index (χ3n) is 5.79. The van der Waals surface area contributed by atoms with Crippen LogP contribution in [-0.2, 0) is 11.2 Å². The molecule has 1 aromatic heterocycles. The highest BCUT2D eigenvalue weighted by molar-refractivity contribution is 5.78. The van der Waals surface area contributed by atoms with Crippen LogP contribution in [0.15, 0.2) is 36.4 Å². The predicted octanol–water partition coefficient (Wildman–Crippen LogP) is 5.12. The molecule has 176 valence electrons. The Balaban J connectivity index is 1.41. The molecule has 0 aliphatic carbocycles. The van der Waals surface area contributed by atoms with Crippen LogP contribution in [0.4, 0.5) is 13.2 Å². The van der Waals surface area contributed by atoms with Gasteiger partial charge in [-0.15, -0.1) is 0 Å². The van der Waals surface area contributed by atoms with Crippen LogP contribution in [0, 0.1) is 6.92 Å². The number of nitrogens with one attached hydrogen (secondary N) is 1. The van der Waals surface area contributed by atoms with Crippen molar-refractivity contribution in [1.29, 1.82) is 0 Å². The monoisotopic (exact) mass is 461 g/mol. The van der Waals surface area contributed by atoms with Crippen molar-refractivity contribution in [2.24, 2.45) is 0 Å². The van der Waals surface area contributed by atoms with Crippen LogP contribution in [0.25, 0.3) is 11.0 Å². The highest BCUT2D eigenvalue weighted by Gasteiger charge is 2.32. The molecule has 1 unspecified atom stereocenters. The zero-order valence-electron chi connectivity index (χ0n) is 18.5. The van der Waals surface area contributed by atoms with Crippen molar-refractivity contribution in [3.8, 4) is 11.5 Å². The van der Waals surface area contributed by atoms with Crippen molar-refractivity contribution >= 4 is 16.9 Å². The molecule has 0 bridgehead atoms. The van der Waals surface area contributed by atoms with Crippen molar-refractivity contribution in [2.75, 3.05) is 20.3 Å². The first-order valence-corrected chi connectivity index (χ1v) is 10.9. The number of aromatic amines is 1. The standard InChI is InChI=1S/C24H26F3N3O3/c1-15-5-8-17-18(12-15)29-23(28-17)19-4-3-11-30(19)22(31)10-7-16-6-9-20(21(13-16)32-2)33-14-24(25,26)27/h5-6,8-9,12-13,19H,3-4,7,10-11,14H2,1-2H3,(H,28,29). The number of aromatic nitrogens is 2. The SMILES string of the molecule is COc1cc(CCC(=O)N2CCCC2c2nc3ccc(C)cc3[nH]2)ccc1OCC(F)(F)F. The number of likely N-dealkylation sites (tertiary alicyclic amines) is 1. The second-order valence-electron chi connectivity index (χ2n) is 8.28. The minimum absolute atomic E-state index is 0.0182. The number of methoxy groups -OCH3 is 1. The van der Waals surface area contributed by atoms with Crippen molar-refractivity contribution < 1.29 is 27.4 Å². The highest BCUT2D eigenvalue weighted by Crippen LogP contribution is 2.33. The average Bonchev–Trinajstić information content (AvgIpc) is 3.42. The topological polar surface area (TPSA) is 67.5 Å². The summed E-state index contributed by atoms with van der Waals surface area (Å²) in [4.78, 5) is 22.9. The van der Waals surface area contributed by atoms with E-state index in [0.717, 1.165) is 40.8 Å². The number of ether oxygens (including phenoxy) is 2. The minimum Gasteiger partial charge on any atom is -0.493 e. The van der Waals surface area contributed by atoms with E-state index in [1.54, 1.807) is 12.1 Å². The fourth-order valence-electron chi connectivity index (χ4n) is 4.19. The summed E-state index contributed by atoms with van der Waals surface area (Å²) in [6, 6.07) is 10.7. The van der Waals surface area contributed by atoms with E-state index in [2.05, 4.69) is 4.98 Å². The molecule has 0 radical (unpaired) electrons. The van der Waals surface area contributed by atoms with Gasteiger partial charge in [-0.3, -0.25) is 4.79 Å². The minimum atomic E-state index is -4.43. The lowest BCUT2D eigenvalue weighted by molar-refractivity contribution is -0.153. The molecule has 2 aromatic carbocycles. The molecule has 1 amide bonds. The molecular formula is C24H26F3N3O3. The van der Waals surface area contributed by atoms with Crippen LogP contribution in [0.2, 0.25) is 0 Å². The number of hydrogen-bond acceptors (Lipinski definition) is 4. The predicted molar refractivity (Wildman–Crippen MR) is 117 cm³/mol. The number of hydrogen-bond donors (Lipinski definition) is 1. The summed E-state index contributed by atoms with van der Waals surface area (Å²) < 4.78 is 47.3. The molecule has 1 atom stereocenters. The molecule has 9 heteroatoms. The molecule has 6 nitrogen and oxygen atoms in total. The number of benzene rings is 2. The largest absolute Gasteiger partial charge is 0.493 e. The number of alkyl halides is 3. The highest BCUT2D eigenvalue weighted by atomic mass is 19.4. The molecule has 3 aromatic rings. The van der Waals surface area contributed by atoms with E-state index >= 15 is 0 Å². The Morgan fingerprint density at radius 2 is 2.03 bits per heavy atom. The van der Waals surface area contributed by atoms with Gasteiger partial charge in [-0.1, -0.05) is 12.1 Å². The Morgan fingerprint density at radius 1 is 1.21 bits per heavy atom. The lowest BCUT2D eigenvalue weighted by atomic mass is 10.1. The average molecular weight is 461 g/mol. The third-order valence-corrected chi connectivity index (χ3v) is 5.79. The Morgan fingerprint density at radius 3 is 2.79 bits per heavy atom. The van der Waals surface area contributed by atoms with Gasteiger partial charge in [-0.25, -0.2) is 4.98 Å². The number of imidazole rings is 1. The zero-order chi connectivity index (χ0) is 23.6. The molecule has 1 N–H and O–H groups in total. The number of H-pyrrole nitrogens is 1. The fourth-order valence-corrected chi connectivity index (χ4v) is 4.19. The van der Waals surface area contributed by atoms with Crippen LogP contribution < -0.4 is 9.47 Å². The summed E-state index contributed by atoms with van der Waals surface area (Å²) >= 11 is 0. The molecule has 1 fully saturated rings. The molecule has 0 saturated carbocycles. The van der Waals surface area contributed by atoms with Crippen LogP contribution in [-0.4, -0.2) is 47.2 Å². The summed E-state index contributed by atoms with van der Waals surface area (Å²) in [6.07, 6.45) is -1.95. The first kappa shape index (κ1) is 22.9. The van der Waals surface area contributed by atoms with E-state index in [1.807, 2.05) is 30.0 Å². The smallest absolute Gasteiger partial charge is 0.422 e. The van der Waals surface area contributed by atoms with Gasteiger partial charge >= 0.3 is 6.18 Å². The summed E-state index contributed by atoms with van der Waals surface area (Å²) in [6.45, 7) is 1.31. The van der Waals surface area contributed by atoms with Crippen LogP contribution in [0.1, 0.15) is 42.3 Å². The van der Waals surface area contributed by atoms with Crippen LogP contribution in [0.3, 0.4) is 0 Å². The first-order valence-electron chi connectivity index (χ1n) is 10.9. The Bertz CT molecular complexity index is 1140. The van der Waals surface area contributed by atoms with E-state index in [-0.39, 0.29) is 29.9 Å². The van der Waals surface area contributed by atoms with E-state index in [9.17, 15) is 18.0 Å². The van der Waals surface area contributed by atoms with Gasteiger partial charge in [0.1, 0.15) is 5.82 Å². The van der Waals surface area contributed by atoms with Gasteiger partial charge < -0.3 is 19.4 Å². The van der Waals surface area contributed by atoms with Gasteiger partial charge in [0.25, 0.3) is 0 Å². The molecule has 2 heterocycles. The summed E-state index contributed by atoms with van der Waals surface area (Å²) in [5, 5.41) is 0. The third kappa shape index (κ3) is 5.40. The fraction of sp³-hybridized carbons (Fsp3) is 0.417. The van der Waals surface area contributed by atoms with Crippen LogP contribution in [0.5, 0.6) is 11.5 Å². The van der Waals surface area contributed by atoms with Gasteiger partial charge in [0.05, 0.1) is 24.2 Å². The molecule has 0 spiro atoms. The second kappa shape index (κ2) is 9.33. The quantitative estimate of drug-likeness (QED) is 0.531.